The van der Waals surface area contributed by atoms with E-state index in [2.05, 4.69) is 15.6 Å². The van der Waals surface area contributed by atoms with Gasteiger partial charge in [0.05, 0.1) is 30.4 Å². The second-order valence-electron chi connectivity index (χ2n) is 10.1. The second kappa shape index (κ2) is 10.9. The monoisotopic (exact) mass is 548 g/mol. The fraction of sp³-hybridized carbons (Fsp3) is 0.407. The molecule has 3 heterocycles. The third-order valence-electron chi connectivity index (χ3n) is 7.41. The van der Waals surface area contributed by atoms with Gasteiger partial charge < -0.3 is 20.1 Å². The van der Waals surface area contributed by atoms with Crippen LogP contribution in [-0.2, 0) is 11.8 Å². The van der Waals surface area contributed by atoms with Gasteiger partial charge in [0, 0.05) is 44.0 Å². The van der Waals surface area contributed by atoms with Gasteiger partial charge in [0.2, 0.25) is 0 Å². The number of pyridine rings is 1. The maximum Gasteiger partial charge on any atom is 0.280 e. The van der Waals surface area contributed by atoms with Crippen molar-refractivity contribution in [2.24, 2.45) is 7.05 Å². The number of hydrogen-bond acceptors (Lipinski definition) is 8. The number of aryl methyl sites for hydroxylation is 1. The van der Waals surface area contributed by atoms with E-state index < -0.39 is 17.6 Å². The van der Waals surface area contributed by atoms with E-state index >= 15 is 0 Å². The van der Waals surface area contributed by atoms with E-state index in [9.17, 15) is 19.5 Å². The van der Waals surface area contributed by atoms with Gasteiger partial charge in [-0.25, -0.2) is 0 Å². The van der Waals surface area contributed by atoms with Gasteiger partial charge in [0.25, 0.3) is 17.4 Å². The van der Waals surface area contributed by atoms with E-state index in [1.807, 2.05) is 10.9 Å². The molecule has 5 rings (SSSR count). The quantitative estimate of drug-likeness (QED) is 0.356. The third kappa shape index (κ3) is 5.19. The second-order valence-corrected chi connectivity index (χ2v) is 10.1. The molecule has 40 heavy (non-hydrogen) atoms. The van der Waals surface area contributed by atoms with Crippen molar-refractivity contribution >= 4 is 28.4 Å². The summed E-state index contributed by atoms with van der Waals surface area (Å²) in [6.45, 7) is 1.48. The number of carbonyl (C=O) groups is 2. The third-order valence-corrected chi connectivity index (χ3v) is 7.41. The van der Waals surface area contributed by atoms with E-state index in [4.69, 9.17) is 9.84 Å². The van der Waals surface area contributed by atoms with Gasteiger partial charge in [-0.2, -0.15) is 5.10 Å². The molecule has 1 aliphatic carbocycles. The van der Waals surface area contributed by atoms with Gasteiger partial charge in [-0.1, -0.05) is 5.21 Å². The molecule has 1 aliphatic rings. The van der Waals surface area contributed by atoms with Crippen LogP contribution in [0.4, 0.5) is 5.69 Å². The average molecular weight is 549 g/mol. The normalized spacial score (nSPS) is 17.9. The summed E-state index contributed by atoms with van der Waals surface area (Å²) in [7, 11) is 4.91. The Bertz CT molecular complexity index is 1610. The fourth-order valence-electron chi connectivity index (χ4n) is 5.19. The summed E-state index contributed by atoms with van der Waals surface area (Å²) in [5.41, 5.74) is 0.597. The van der Waals surface area contributed by atoms with Crippen molar-refractivity contribution in [3.63, 3.8) is 0 Å². The number of rotatable bonds is 7. The lowest BCUT2D eigenvalue weighted by Crippen LogP contribution is -2.43. The minimum absolute atomic E-state index is 0.0789. The van der Waals surface area contributed by atoms with Crippen LogP contribution >= 0.6 is 0 Å². The number of methoxy groups -OCH3 is 1. The SMILES string of the molecule is COc1cc2nn([C@H]3CC[C@H](N(C)C(=O)[C@@H](C)O)CC3)cc2cc1C(=O)Nc1cccn(-c2cn(C)nn2)c1=O. The maximum absolute atomic E-state index is 13.3. The van der Waals surface area contributed by atoms with Gasteiger partial charge >= 0.3 is 0 Å². The number of benzene rings is 1. The van der Waals surface area contributed by atoms with Crippen LogP contribution in [0.2, 0.25) is 0 Å². The number of nitrogens with one attached hydrogen (secondary N) is 1. The molecule has 13 heteroatoms. The Morgan fingerprint density at radius 3 is 2.60 bits per heavy atom. The first-order valence-corrected chi connectivity index (χ1v) is 13.1. The molecule has 0 spiro atoms. The number of hydrogen-bond donors (Lipinski definition) is 2. The zero-order valence-corrected chi connectivity index (χ0v) is 22.8. The minimum atomic E-state index is -1.01. The molecular formula is C27H32N8O5. The summed E-state index contributed by atoms with van der Waals surface area (Å²) in [6, 6.07) is 6.81. The highest BCUT2D eigenvalue weighted by atomic mass is 16.5. The molecule has 0 aliphatic heterocycles. The lowest BCUT2D eigenvalue weighted by Gasteiger charge is -2.35. The average Bonchev–Trinajstić information content (AvgIpc) is 3.58. The maximum atomic E-state index is 13.3. The largest absolute Gasteiger partial charge is 0.496 e. The standard InChI is InChI=1S/C27H32N8O5/c1-16(36)26(38)33(3)18-7-9-19(10-8-18)35-14-17-12-20(23(40-4)13-22(17)30-35)25(37)28-21-6-5-11-34(27(21)39)24-15-32(2)31-29-24/h5-6,11-16,18-19,36H,7-10H2,1-4H3,(H,28,37)/t16-,18-,19-/m1/s1. The van der Waals surface area contributed by atoms with Gasteiger partial charge in [-0.3, -0.25) is 28.3 Å². The van der Waals surface area contributed by atoms with Crippen LogP contribution in [0.15, 0.2) is 47.7 Å². The first-order chi connectivity index (χ1) is 19.2. The Morgan fingerprint density at radius 2 is 1.95 bits per heavy atom. The van der Waals surface area contributed by atoms with Gasteiger partial charge in [-0.05, 0) is 50.8 Å². The van der Waals surface area contributed by atoms with Gasteiger partial charge in [0.1, 0.15) is 17.5 Å². The van der Waals surface area contributed by atoms with Gasteiger partial charge in [-0.15, -0.1) is 5.10 Å². The summed E-state index contributed by atoms with van der Waals surface area (Å²) in [5, 5.41) is 25.6. The molecular weight excluding hydrogens is 516 g/mol. The van der Waals surface area contributed by atoms with E-state index in [1.165, 1.54) is 29.3 Å². The highest BCUT2D eigenvalue weighted by Crippen LogP contribution is 2.33. The molecule has 0 radical (unpaired) electrons. The lowest BCUT2D eigenvalue weighted by molar-refractivity contribution is -0.140. The molecule has 0 bridgehead atoms. The van der Waals surface area contributed by atoms with Crippen LogP contribution in [0.1, 0.15) is 49.0 Å². The highest BCUT2D eigenvalue weighted by molar-refractivity contribution is 6.08. The molecule has 3 aromatic heterocycles. The van der Waals surface area contributed by atoms with Crippen molar-refractivity contribution < 1.29 is 19.4 Å². The molecule has 1 atom stereocenters. The molecule has 1 fully saturated rings. The summed E-state index contributed by atoms with van der Waals surface area (Å²) >= 11 is 0. The smallest absolute Gasteiger partial charge is 0.280 e. The predicted molar refractivity (Wildman–Crippen MR) is 147 cm³/mol. The van der Waals surface area contributed by atoms with Crippen LogP contribution in [0.3, 0.4) is 0 Å². The number of aliphatic hydroxyl groups is 1. The van der Waals surface area contributed by atoms with Crippen molar-refractivity contribution in [2.45, 2.75) is 50.8 Å². The van der Waals surface area contributed by atoms with Gasteiger partial charge in [0.15, 0.2) is 5.82 Å². The zero-order chi connectivity index (χ0) is 28.6. The Morgan fingerprint density at radius 1 is 1.20 bits per heavy atom. The number of ether oxygens (including phenoxy) is 1. The first-order valence-electron chi connectivity index (χ1n) is 13.1. The molecule has 13 nitrogen and oxygen atoms in total. The van der Waals surface area contributed by atoms with Crippen molar-refractivity contribution in [3.8, 4) is 11.6 Å². The Hall–Kier alpha value is -4.52. The number of fused-ring (bicyclic) bond motifs is 1. The number of aliphatic hydroxyl groups excluding tert-OH is 1. The molecule has 210 valence electrons. The van der Waals surface area contributed by atoms with Crippen LogP contribution in [-0.4, -0.2) is 77.5 Å². The summed E-state index contributed by atoms with van der Waals surface area (Å²) in [4.78, 5) is 40.1. The van der Waals surface area contributed by atoms with Crippen LogP contribution < -0.4 is 15.6 Å². The van der Waals surface area contributed by atoms with Crippen LogP contribution in [0, 0.1) is 0 Å². The topological polar surface area (TPSA) is 149 Å². The van der Waals surface area contributed by atoms with E-state index in [0.717, 1.165) is 31.1 Å². The highest BCUT2D eigenvalue weighted by Gasteiger charge is 2.29. The molecule has 0 saturated heterocycles. The van der Waals surface area contributed by atoms with Crippen molar-refractivity contribution in [3.05, 3.63) is 58.8 Å². The number of amides is 2. The van der Waals surface area contributed by atoms with E-state index in [-0.39, 0.29) is 29.2 Å². The minimum Gasteiger partial charge on any atom is -0.496 e. The van der Waals surface area contributed by atoms with Crippen LogP contribution in [0.5, 0.6) is 5.75 Å². The molecule has 4 aromatic rings. The molecule has 2 N–H and O–H groups in total. The summed E-state index contributed by atoms with van der Waals surface area (Å²) in [6.07, 6.45) is 7.30. The van der Waals surface area contributed by atoms with E-state index in [1.54, 1.807) is 49.6 Å². The van der Waals surface area contributed by atoms with Crippen molar-refractivity contribution in [1.82, 2.24) is 34.2 Å². The van der Waals surface area contributed by atoms with Crippen molar-refractivity contribution in [2.75, 3.05) is 19.5 Å². The fourth-order valence-corrected chi connectivity index (χ4v) is 5.19. The Balaban J connectivity index is 1.35. The molecule has 2 amide bonds. The number of anilines is 1. The number of carbonyl (C=O) groups excluding carboxylic acids is 2. The number of aromatic nitrogens is 6. The Kier molecular flexibility index (Phi) is 7.39. The number of nitrogens with zero attached hydrogens (tertiary/aromatic N) is 7. The lowest BCUT2D eigenvalue weighted by atomic mass is 9.90. The van der Waals surface area contributed by atoms with Crippen molar-refractivity contribution in [1.29, 1.82) is 0 Å². The molecule has 0 unspecified atom stereocenters. The first kappa shape index (κ1) is 27.1. The van der Waals surface area contributed by atoms with Crippen LogP contribution in [0.25, 0.3) is 16.7 Å². The summed E-state index contributed by atoms with van der Waals surface area (Å²) in [5.74, 6) is -0.0891. The predicted octanol–water partition coefficient (Wildman–Crippen LogP) is 1.90. The van der Waals surface area contributed by atoms with E-state index in [0.29, 0.717) is 17.1 Å². The Labute approximate surface area is 229 Å². The molecule has 1 saturated carbocycles. The molecule has 1 aromatic carbocycles. The summed E-state index contributed by atoms with van der Waals surface area (Å²) < 4.78 is 10.2. The zero-order valence-electron chi connectivity index (χ0n) is 22.8. The number of likely N-dealkylation sites (N-methyl/N-ethyl adjacent to an activating group) is 1.